The number of rotatable bonds is 14. The number of benzene rings is 2. The molecular formula is C26H36ClN3O5S. The van der Waals surface area contributed by atoms with Gasteiger partial charge in [-0.15, -0.1) is 0 Å². The molecular weight excluding hydrogens is 502 g/mol. The fraction of sp³-hybridized carbons (Fsp3) is 0.462. The third-order valence-electron chi connectivity index (χ3n) is 5.73. The van der Waals surface area contributed by atoms with Gasteiger partial charge in [0.1, 0.15) is 11.8 Å². The molecule has 0 aliphatic heterocycles. The van der Waals surface area contributed by atoms with Crippen molar-refractivity contribution < 1.29 is 22.7 Å². The van der Waals surface area contributed by atoms with Gasteiger partial charge in [0.2, 0.25) is 21.8 Å². The van der Waals surface area contributed by atoms with Crippen LogP contribution in [0.2, 0.25) is 5.02 Å². The average Bonchev–Trinajstić information content (AvgIpc) is 2.85. The third kappa shape index (κ3) is 8.41. The number of anilines is 1. The van der Waals surface area contributed by atoms with Crippen molar-refractivity contribution in [3.8, 4) is 5.75 Å². The minimum atomic E-state index is -3.59. The molecule has 0 bridgehead atoms. The van der Waals surface area contributed by atoms with Crippen molar-refractivity contribution in [3.63, 3.8) is 0 Å². The summed E-state index contributed by atoms with van der Waals surface area (Å²) in [7, 11) is -2.08. The number of nitrogens with zero attached hydrogens (tertiary/aromatic N) is 2. The number of halogens is 1. The molecule has 1 atom stereocenters. The average molecular weight is 538 g/mol. The molecule has 0 aromatic heterocycles. The molecule has 198 valence electrons. The summed E-state index contributed by atoms with van der Waals surface area (Å²) in [5.74, 6) is 0.0772. The molecule has 2 aromatic carbocycles. The molecule has 0 aliphatic carbocycles. The zero-order chi connectivity index (χ0) is 26.7. The van der Waals surface area contributed by atoms with Crippen LogP contribution < -0.4 is 14.4 Å². The highest BCUT2D eigenvalue weighted by Crippen LogP contribution is 2.24. The molecule has 36 heavy (non-hydrogen) atoms. The van der Waals surface area contributed by atoms with Gasteiger partial charge in [0.25, 0.3) is 0 Å². The highest BCUT2D eigenvalue weighted by atomic mass is 35.5. The van der Waals surface area contributed by atoms with Gasteiger partial charge in [-0.3, -0.25) is 13.9 Å². The van der Waals surface area contributed by atoms with E-state index in [0.29, 0.717) is 29.4 Å². The fourth-order valence-electron chi connectivity index (χ4n) is 3.87. The van der Waals surface area contributed by atoms with Crippen LogP contribution in [0.1, 0.15) is 45.1 Å². The van der Waals surface area contributed by atoms with E-state index in [9.17, 15) is 18.0 Å². The summed E-state index contributed by atoms with van der Waals surface area (Å²) < 4.78 is 31.4. The predicted octanol–water partition coefficient (Wildman–Crippen LogP) is 4.23. The van der Waals surface area contributed by atoms with Crippen molar-refractivity contribution in [2.24, 2.45) is 0 Å². The predicted molar refractivity (Wildman–Crippen MR) is 144 cm³/mol. The van der Waals surface area contributed by atoms with Crippen molar-refractivity contribution in [1.29, 1.82) is 0 Å². The second-order valence-electron chi connectivity index (χ2n) is 8.47. The Labute approximate surface area is 219 Å². The molecule has 2 rings (SSSR count). The number of hydrogen-bond donors (Lipinski definition) is 1. The van der Waals surface area contributed by atoms with Crippen molar-refractivity contribution >= 4 is 39.1 Å². The molecule has 0 saturated carbocycles. The Morgan fingerprint density at radius 2 is 1.83 bits per heavy atom. The monoisotopic (exact) mass is 537 g/mol. The standard InChI is InChI=1S/C26H36ClN3O5S/c1-5-16-28-26(32)24(6-2)29(19-20-11-7-8-14-23(20)27)25(31)15-10-17-30(36(4,33)34)21-12-9-13-22(18-21)35-3/h7-9,11-14,18,24H,5-6,10,15-17,19H2,1-4H3,(H,28,32). The zero-order valence-corrected chi connectivity index (χ0v) is 22.9. The van der Waals surface area contributed by atoms with E-state index in [1.165, 1.54) is 11.4 Å². The van der Waals surface area contributed by atoms with Crippen LogP contribution in [0.4, 0.5) is 5.69 Å². The molecule has 0 radical (unpaired) electrons. The molecule has 0 fully saturated rings. The van der Waals surface area contributed by atoms with E-state index in [-0.39, 0.29) is 37.7 Å². The van der Waals surface area contributed by atoms with Gasteiger partial charge in [-0.2, -0.15) is 0 Å². The van der Waals surface area contributed by atoms with Crippen molar-refractivity contribution in [2.75, 3.05) is 30.8 Å². The van der Waals surface area contributed by atoms with Crippen molar-refractivity contribution in [1.82, 2.24) is 10.2 Å². The van der Waals surface area contributed by atoms with E-state index in [0.717, 1.165) is 18.2 Å². The number of sulfonamides is 1. The van der Waals surface area contributed by atoms with Gasteiger partial charge in [0.15, 0.2) is 0 Å². The molecule has 0 spiro atoms. The maximum atomic E-state index is 13.4. The number of nitrogens with one attached hydrogen (secondary N) is 1. The van der Waals surface area contributed by atoms with Gasteiger partial charge < -0.3 is 15.0 Å². The summed E-state index contributed by atoms with van der Waals surface area (Å²) in [4.78, 5) is 27.8. The molecule has 0 heterocycles. The van der Waals surface area contributed by atoms with Gasteiger partial charge in [0.05, 0.1) is 19.1 Å². The zero-order valence-electron chi connectivity index (χ0n) is 21.4. The third-order valence-corrected chi connectivity index (χ3v) is 7.29. The lowest BCUT2D eigenvalue weighted by molar-refractivity contribution is -0.141. The van der Waals surface area contributed by atoms with E-state index in [1.807, 2.05) is 32.0 Å². The number of hydrogen-bond acceptors (Lipinski definition) is 5. The Balaban J connectivity index is 2.22. The van der Waals surface area contributed by atoms with E-state index in [1.54, 1.807) is 35.2 Å². The molecule has 8 nitrogen and oxygen atoms in total. The van der Waals surface area contributed by atoms with Crippen LogP contribution in [0.3, 0.4) is 0 Å². The Morgan fingerprint density at radius 1 is 1.11 bits per heavy atom. The topological polar surface area (TPSA) is 96.0 Å². The van der Waals surface area contributed by atoms with Crippen molar-refractivity contribution in [3.05, 3.63) is 59.1 Å². The molecule has 2 aromatic rings. The quantitative estimate of drug-likeness (QED) is 0.389. The van der Waals surface area contributed by atoms with Crippen molar-refractivity contribution in [2.45, 2.75) is 52.1 Å². The highest BCUT2D eigenvalue weighted by Gasteiger charge is 2.29. The molecule has 10 heteroatoms. The maximum Gasteiger partial charge on any atom is 0.242 e. The first-order chi connectivity index (χ1) is 17.1. The Kier molecular flexibility index (Phi) is 11.5. The number of carbonyl (C=O) groups excluding carboxylic acids is 2. The molecule has 1 unspecified atom stereocenters. The first-order valence-corrected chi connectivity index (χ1v) is 14.3. The Hall–Kier alpha value is -2.78. The van der Waals surface area contributed by atoms with E-state index >= 15 is 0 Å². The van der Waals surface area contributed by atoms with Crippen LogP contribution in [-0.4, -0.2) is 57.6 Å². The first kappa shape index (κ1) is 29.5. The van der Waals surface area contributed by atoms with Gasteiger partial charge in [-0.05, 0) is 43.0 Å². The minimum Gasteiger partial charge on any atom is -0.497 e. The Bertz CT molecular complexity index is 1130. The van der Waals surface area contributed by atoms with Gasteiger partial charge >= 0.3 is 0 Å². The second-order valence-corrected chi connectivity index (χ2v) is 10.8. The summed E-state index contributed by atoms with van der Waals surface area (Å²) >= 11 is 6.35. The van der Waals surface area contributed by atoms with Crippen LogP contribution >= 0.6 is 11.6 Å². The fourth-order valence-corrected chi connectivity index (χ4v) is 5.02. The minimum absolute atomic E-state index is 0.0675. The second kappa shape index (κ2) is 14.1. The van der Waals surface area contributed by atoms with Crippen LogP contribution in [0, 0.1) is 0 Å². The maximum absolute atomic E-state index is 13.4. The lowest BCUT2D eigenvalue weighted by atomic mass is 10.1. The van der Waals surface area contributed by atoms with E-state index in [4.69, 9.17) is 16.3 Å². The normalized spacial score (nSPS) is 12.0. The highest BCUT2D eigenvalue weighted by molar-refractivity contribution is 7.92. The lowest BCUT2D eigenvalue weighted by Crippen LogP contribution is -2.49. The molecule has 1 N–H and O–H groups in total. The van der Waals surface area contributed by atoms with Gasteiger partial charge in [0, 0.05) is 37.1 Å². The summed E-state index contributed by atoms with van der Waals surface area (Å²) in [6.45, 7) is 4.63. The number of ether oxygens (including phenoxy) is 1. The van der Waals surface area contributed by atoms with Gasteiger partial charge in [-0.25, -0.2) is 8.42 Å². The summed E-state index contributed by atoms with van der Waals surface area (Å²) in [6, 6.07) is 13.3. The summed E-state index contributed by atoms with van der Waals surface area (Å²) in [6.07, 6.45) is 2.69. The largest absolute Gasteiger partial charge is 0.497 e. The Morgan fingerprint density at radius 3 is 2.44 bits per heavy atom. The number of amides is 2. The summed E-state index contributed by atoms with van der Waals surface area (Å²) in [5.41, 5.74) is 1.20. The smallest absolute Gasteiger partial charge is 0.242 e. The number of methoxy groups -OCH3 is 1. The van der Waals surface area contributed by atoms with Crippen LogP contribution in [0.5, 0.6) is 5.75 Å². The number of carbonyl (C=O) groups is 2. The SMILES string of the molecule is CCCNC(=O)C(CC)N(Cc1ccccc1Cl)C(=O)CCCN(c1cccc(OC)c1)S(C)(=O)=O. The first-order valence-electron chi connectivity index (χ1n) is 12.0. The molecule has 2 amide bonds. The van der Waals surface area contributed by atoms with E-state index in [2.05, 4.69) is 5.32 Å². The van der Waals surface area contributed by atoms with Gasteiger partial charge in [-0.1, -0.05) is 49.7 Å². The van der Waals surface area contributed by atoms with E-state index < -0.39 is 16.1 Å². The molecule has 0 saturated heterocycles. The van der Waals surface area contributed by atoms with Crippen LogP contribution in [0.25, 0.3) is 0 Å². The van der Waals surface area contributed by atoms with Crippen LogP contribution in [0.15, 0.2) is 48.5 Å². The lowest BCUT2D eigenvalue weighted by Gasteiger charge is -2.31. The summed E-state index contributed by atoms with van der Waals surface area (Å²) in [5, 5.41) is 3.39. The van der Waals surface area contributed by atoms with Crippen LogP contribution in [-0.2, 0) is 26.2 Å². The molecule has 0 aliphatic rings.